The summed E-state index contributed by atoms with van der Waals surface area (Å²) in [6.45, 7) is 1.60. The Morgan fingerprint density at radius 2 is 2.14 bits per heavy atom. The van der Waals surface area contributed by atoms with E-state index in [0.29, 0.717) is 0 Å². The lowest BCUT2D eigenvalue weighted by molar-refractivity contribution is -0.136. The number of hydrogen-bond donors (Lipinski definition) is 2. The Morgan fingerprint density at radius 1 is 1.64 bits per heavy atom. The zero-order valence-electron chi connectivity index (χ0n) is 7.25. The first-order valence-electron chi connectivity index (χ1n) is 3.59. The van der Waals surface area contributed by atoms with Gasteiger partial charge >= 0.3 is 5.97 Å². The van der Waals surface area contributed by atoms with Crippen molar-refractivity contribution in [3.63, 3.8) is 0 Å². The van der Waals surface area contributed by atoms with E-state index in [1.807, 2.05) is 0 Å². The fraction of sp³-hybridized carbons (Fsp3) is 0.286. The number of carbonyl (C=O) groups is 1. The minimum Gasteiger partial charge on any atom is -0.481 e. The van der Waals surface area contributed by atoms with Gasteiger partial charge in [0.05, 0.1) is 11.2 Å². The van der Waals surface area contributed by atoms with Gasteiger partial charge in [0, 0.05) is 6.42 Å². The minimum atomic E-state index is -0.745. The fourth-order valence-corrected chi connectivity index (χ4v) is 0.587. The van der Waals surface area contributed by atoms with Gasteiger partial charge in [-0.2, -0.15) is 5.10 Å². The molecule has 7 heteroatoms. The van der Waals surface area contributed by atoms with Crippen molar-refractivity contribution in [2.24, 2.45) is 0 Å². The Morgan fingerprint density at radius 3 is 2.43 bits per heavy atom. The van der Waals surface area contributed by atoms with Gasteiger partial charge in [-0.1, -0.05) is 30.1 Å². The van der Waals surface area contributed by atoms with Crippen LogP contribution in [0.4, 0.5) is 0 Å². The van der Waals surface area contributed by atoms with Crippen molar-refractivity contribution in [3.05, 3.63) is 26.6 Å². The van der Waals surface area contributed by atoms with E-state index in [-0.39, 0.29) is 16.5 Å². The summed E-state index contributed by atoms with van der Waals surface area (Å²) in [4.78, 5) is 19.9. The largest absolute Gasteiger partial charge is 0.481 e. The summed E-state index contributed by atoms with van der Waals surface area (Å²) in [5.74, 6) is -0.745. The third-order valence-electron chi connectivity index (χ3n) is 1.06. The maximum atomic E-state index is 10.5. The number of aromatic nitrogens is 2. The van der Waals surface area contributed by atoms with Crippen LogP contribution in [0.5, 0.6) is 0 Å². The molecule has 1 aromatic heterocycles. The minimum absolute atomic E-state index is 0.0216. The Labute approximate surface area is 89.7 Å². The van der Waals surface area contributed by atoms with Crippen LogP contribution in [-0.4, -0.2) is 21.3 Å². The molecule has 0 bridgehead atoms. The molecule has 0 fully saturated rings. The smallest absolute Gasteiger partial charge is 0.303 e. The molecule has 0 aliphatic carbocycles. The zero-order valence-corrected chi connectivity index (χ0v) is 8.76. The van der Waals surface area contributed by atoms with E-state index in [0.717, 1.165) is 0 Å². The number of aromatic amines is 1. The predicted octanol–water partition coefficient (Wildman–Crippen LogP) is 1.56. The summed E-state index contributed by atoms with van der Waals surface area (Å²) in [5.41, 5.74) is -0.468. The van der Waals surface area contributed by atoms with Gasteiger partial charge in [-0.25, -0.2) is 5.10 Å². The summed E-state index contributed by atoms with van der Waals surface area (Å²) < 4.78 is 0. The lowest BCUT2D eigenvalue weighted by Crippen LogP contribution is -2.07. The number of nitrogens with zero attached hydrogens (tertiary/aromatic N) is 1. The van der Waals surface area contributed by atoms with Crippen LogP contribution in [-0.2, 0) is 4.79 Å². The zero-order chi connectivity index (χ0) is 11.1. The average molecular weight is 239 g/mol. The van der Waals surface area contributed by atoms with Crippen molar-refractivity contribution in [3.8, 4) is 0 Å². The number of aliphatic carboxylic acids is 1. The number of nitrogens with one attached hydrogen (secondary N) is 1. The molecule has 0 spiro atoms. The first-order valence-corrected chi connectivity index (χ1v) is 4.35. The molecule has 1 aromatic rings. The molecule has 0 saturated carbocycles. The monoisotopic (exact) mass is 238 g/mol. The topological polar surface area (TPSA) is 83.0 Å². The van der Waals surface area contributed by atoms with Gasteiger partial charge in [-0.05, 0) is 0 Å². The predicted molar refractivity (Wildman–Crippen MR) is 52.8 cm³/mol. The third-order valence-corrected chi connectivity index (χ3v) is 1.81. The van der Waals surface area contributed by atoms with Gasteiger partial charge in [-0.15, -0.1) is 0 Å². The number of carboxylic acid groups (broad SMARTS) is 1. The van der Waals surface area contributed by atoms with E-state index in [1.54, 1.807) is 6.92 Å². The maximum absolute atomic E-state index is 10.5. The molecule has 0 atom stereocenters. The van der Waals surface area contributed by atoms with E-state index >= 15 is 0 Å². The van der Waals surface area contributed by atoms with Gasteiger partial charge in [0.1, 0.15) is 5.02 Å². The van der Waals surface area contributed by atoms with Crippen LogP contribution >= 0.6 is 23.2 Å². The number of rotatable bonds is 1. The highest BCUT2D eigenvalue weighted by atomic mass is 35.5. The number of carboxylic acids is 1. The Balaban J connectivity index is 0.000000292. The first-order chi connectivity index (χ1) is 6.49. The molecule has 14 heavy (non-hydrogen) atoms. The van der Waals surface area contributed by atoms with Gasteiger partial charge in [0.15, 0.2) is 0 Å². The van der Waals surface area contributed by atoms with Crippen molar-refractivity contribution in [1.29, 1.82) is 0 Å². The Hall–Kier alpha value is -1.07. The molecule has 1 rings (SSSR count). The average Bonchev–Trinajstić information content (AvgIpc) is 2.15. The van der Waals surface area contributed by atoms with Crippen LogP contribution in [0.1, 0.15) is 13.3 Å². The second-order valence-corrected chi connectivity index (χ2v) is 2.89. The maximum Gasteiger partial charge on any atom is 0.303 e. The fourth-order valence-electron chi connectivity index (χ4n) is 0.362. The van der Waals surface area contributed by atoms with Crippen LogP contribution in [0.15, 0.2) is 11.0 Å². The van der Waals surface area contributed by atoms with Crippen molar-refractivity contribution < 1.29 is 9.90 Å². The van der Waals surface area contributed by atoms with E-state index < -0.39 is 11.5 Å². The van der Waals surface area contributed by atoms with Crippen molar-refractivity contribution in [1.82, 2.24) is 10.2 Å². The standard InChI is InChI=1S/C4H2Cl2N2O.C3H6O2/c5-2-1-7-8-4(9)3(2)6;1-2-3(4)5/h1H,(H,8,9);2H2,1H3,(H,4,5). The summed E-state index contributed by atoms with van der Waals surface area (Å²) in [6.07, 6.45) is 1.49. The second kappa shape index (κ2) is 6.39. The Bertz CT molecular complexity index is 364. The van der Waals surface area contributed by atoms with E-state index in [9.17, 15) is 9.59 Å². The number of halogens is 2. The van der Waals surface area contributed by atoms with Crippen LogP contribution in [0.3, 0.4) is 0 Å². The van der Waals surface area contributed by atoms with Crippen LogP contribution in [0.2, 0.25) is 10.0 Å². The molecule has 1 heterocycles. The van der Waals surface area contributed by atoms with Crippen molar-refractivity contribution in [2.45, 2.75) is 13.3 Å². The molecule has 2 N–H and O–H groups in total. The van der Waals surface area contributed by atoms with Crippen LogP contribution in [0, 0.1) is 0 Å². The summed E-state index contributed by atoms with van der Waals surface area (Å²) >= 11 is 10.8. The second-order valence-electron chi connectivity index (χ2n) is 2.11. The normalized spacial score (nSPS) is 8.79. The third kappa shape index (κ3) is 4.84. The first kappa shape index (κ1) is 12.9. The van der Waals surface area contributed by atoms with Gasteiger partial charge < -0.3 is 5.11 Å². The molecular formula is C7H8Cl2N2O3. The number of hydrogen-bond acceptors (Lipinski definition) is 3. The Kier molecular flexibility index (Phi) is 5.91. The molecule has 0 aliphatic heterocycles. The highest BCUT2D eigenvalue weighted by Crippen LogP contribution is 2.13. The molecule has 0 amide bonds. The molecular weight excluding hydrogens is 231 g/mol. The molecule has 78 valence electrons. The molecule has 0 aliphatic rings. The number of H-pyrrole nitrogens is 1. The molecule has 0 saturated heterocycles. The quantitative estimate of drug-likeness (QED) is 0.778. The van der Waals surface area contributed by atoms with Crippen molar-refractivity contribution in [2.75, 3.05) is 0 Å². The summed E-state index contributed by atoms with van der Waals surface area (Å²) in [5, 5.41) is 13.4. The van der Waals surface area contributed by atoms with Gasteiger partial charge in [0.2, 0.25) is 0 Å². The van der Waals surface area contributed by atoms with Gasteiger partial charge in [-0.3, -0.25) is 9.59 Å². The highest BCUT2D eigenvalue weighted by molar-refractivity contribution is 6.41. The summed E-state index contributed by atoms with van der Waals surface area (Å²) in [6, 6.07) is 0. The van der Waals surface area contributed by atoms with E-state index in [1.165, 1.54) is 6.20 Å². The van der Waals surface area contributed by atoms with Crippen LogP contribution in [0.25, 0.3) is 0 Å². The lowest BCUT2D eigenvalue weighted by atomic mass is 10.5. The molecule has 0 radical (unpaired) electrons. The van der Waals surface area contributed by atoms with Crippen LogP contribution < -0.4 is 5.56 Å². The SMILES string of the molecule is CCC(=O)O.O=c1[nH]ncc(Cl)c1Cl. The van der Waals surface area contributed by atoms with E-state index in [4.69, 9.17) is 28.3 Å². The van der Waals surface area contributed by atoms with E-state index in [2.05, 4.69) is 10.2 Å². The highest BCUT2D eigenvalue weighted by Gasteiger charge is 1.99. The summed E-state index contributed by atoms with van der Waals surface area (Å²) in [7, 11) is 0. The molecule has 0 unspecified atom stereocenters. The molecule has 5 nitrogen and oxygen atoms in total. The molecule has 0 aromatic carbocycles. The van der Waals surface area contributed by atoms with Crippen molar-refractivity contribution >= 4 is 29.2 Å². The lowest BCUT2D eigenvalue weighted by Gasteiger charge is -1.87. The van der Waals surface area contributed by atoms with Gasteiger partial charge in [0.25, 0.3) is 5.56 Å².